The van der Waals surface area contributed by atoms with E-state index >= 15 is 0 Å². The molecule has 0 aliphatic heterocycles. The minimum Gasteiger partial charge on any atom is -0.496 e. The number of carbonyl (C=O) groups is 4. The Morgan fingerprint density at radius 2 is 1.66 bits per heavy atom. The number of benzene rings is 3. The molecule has 12 heteroatoms. The van der Waals surface area contributed by atoms with Crippen molar-refractivity contribution in [3.63, 3.8) is 0 Å². The molecule has 1 aromatic heterocycles. The molecule has 264 valence electrons. The monoisotopic (exact) mass is 683 g/mol. The number of nitrogens with one attached hydrogen (secondary N) is 2. The summed E-state index contributed by atoms with van der Waals surface area (Å²) in [5.74, 6) is -0.864. The van der Waals surface area contributed by atoms with Crippen LogP contribution in [0.4, 0.5) is 4.79 Å². The Labute approximate surface area is 292 Å². The average molecular weight is 684 g/mol. The lowest BCUT2D eigenvalue weighted by atomic mass is 9.93. The van der Waals surface area contributed by atoms with Gasteiger partial charge in [-0.25, -0.2) is 14.6 Å². The number of H-pyrrole nitrogens is 1. The maximum Gasteiger partial charge on any atom is 0.408 e. The number of imidazole rings is 1. The number of hydrogen-bond donors (Lipinski definition) is 4. The van der Waals surface area contributed by atoms with Gasteiger partial charge in [-0.15, -0.1) is 0 Å². The number of nitrogens with two attached hydrogens (primary N) is 1. The van der Waals surface area contributed by atoms with Crippen LogP contribution in [0.25, 0.3) is 11.3 Å². The molecule has 0 aliphatic rings. The number of aromatic nitrogens is 2. The minimum atomic E-state index is -1.08. The molecule has 0 saturated heterocycles. The highest BCUT2D eigenvalue weighted by Gasteiger charge is 2.33. The number of alkyl carbamates (subject to hydrolysis) is 1. The highest BCUT2D eigenvalue weighted by atomic mass is 16.6. The molecule has 0 radical (unpaired) electrons. The molecule has 1 heterocycles. The molecule has 0 saturated carbocycles. The highest BCUT2D eigenvalue weighted by Crippen LogP contribution is 2.28. The topological polar surface area (TPSA) is 177 Å². The van der Waals surface area contributed by atoms with Crippen LogP contribution in [0, 0.1) is 20.8 Å². The molecule has 2 atom stereocenters. The van der Waals surface area contributed by atoms with Crippen LogP contribution in [0.3, 0.4) is 0 Å². The summed E-state index contributed by atoms with van der Waals surface area (Å²) < 4.78 is 11.0. The number of primary amides is 1. The number of ether oxygens (including phenoxy) is 2. The Kier molecular flexibility index (Phi) is 11.4. The lowest BCUT2D eigenvalue weighted by molar-refractivity contribution is -0.136. The molecule has 4 rings (SSSR count). The number of aromatic carboxylic acids is 1. The molecule has 4 aromatic rings. The molecule has 3 amide bonds. The van der Waals surface area contributed by atoms with Gasteiger partial charge in [0, 0.05) is 24.1 Å². The quantitative estimate of drug-likeness (QED) is 0.140. The van der Waals surface area contributed by atoms with E-state index in [-0.39, 0.29) is 18.5 Å². The summed E-state index contributed by atoms with van der Waals surface area (Å²) in [5, 5.41) is 12.3. The third-order valence-electron chi connectivity index (χ3n) is 8.35. The van der Waals surface area contributed by atoms with E-state index in [1.165, 1.54) is 6.07 Å². The largest absolute Gasteiger partial charge is 0.496 e. The predicted octanol–water partition coefficient (Wildman–Crippen LogP) is 6.03. The van der Waals surface area contributed by atoms with Crippen LogP contribution in [-0.4, -0.2) is 62.6 Å². The van der Waals surface area contributed by atoms with E-state index in [2.05, 4.69) is 15.3 Å². The number of carbonyl (C=O) groups excluding carboxylic acids is 3. The van der Waals surface area contributed by atoms with Gasteiger partial charge in [0.25, 0.3) is 0 Å². The summed E-state index contributed by atoms with van der Waals surface area (Å²) >= 11 is 0. The van der Waals surface area contributed by atoms with E-state index in [4.69, 9.17) is 15.2 Å². The predicted molar refractivity (Wildman–Crippen MR) is 189 cm³/mol. The number of methoxy groups -OCH3 is 1. The molecule has 50 heavy (non-hydrogen) atoms. The second-order valence-electron chi connectivity index (χ2n) is 13.4. The van der Waals surface area contributed by atoms with Crippen molar-refractivity contribution in [2.75, 3.05) is 7.11 Å². The number of aromatic amines is 1. The van der Waals surface area contributed by atoms with E-state index < -0.39 is 41.6 Å². The first-order chi connectivity index (χ1) is 23.5. The van der Waals surface area contributed by atoms with Crippen molar-refractivity contribution in [1.29, 1.82) is 0 Å². The molecule has 0 unspecified atom stereocenters. The Morgan fingerprint density at radius 3 is 2.24 bits per heavy atom. The number of aryl methyl sites for hydroxylation is 3. The van der Waals surface area contributed by atoms with E-state index in [0.29, 0.717) is 28.4 Å². The maximum absolute atomic E-state index is 14.8. The third-order valence-corrected chi connectivity index (χ3v) is 8.35. The van der Waals surface area contributed by atoms with Crippen molar-refractivity contribution in [2.45, 2.75) is 79.1 Å². The Balaban J connectivity index is 1.78. The zero-order valence-corrected chi connectivity index (χ0v) is 29.7. The summed E-state index contributed by atoms with van der Waals surface area (Å²) in [6, 6.07) is 13.7. The SMILES string of the molecule is COc1ccc(CN(C(=O)[C@H](Cc2c(C)cc(C(N)=O)cc2C)NC(=O)OC(C)(C)C)[C@@H](C)c2ncc(-c3cccc(C(=O)O)c3)[nH]2)cc1C. The number of rotatable bonds is 12. The van der Waals surface area contributed by atoms with Gasteiger partial charge in [0.1, 0.15) is 23.2 Å². The van der Waals surface area contributed by atoms with Crippen LogP contribution >= 0.6 is 0 Å². The molecule has 0 bridgehead atoms. The van der Waals surface area contributed by atoms with E-state index in [1.807, 2.05) is 45.9 Å². The van der Waals surface area contributed by atoms with Crippen molar-refractivity contribution < 1.29 is 33.8 Å². The zero-order chi connectivity index (χ0) is 36.9. The number of amides is 3. The van der Waals surface area contributed by atoms with Crippen molar-refractivity contribution in [3.8, 4) is 17.0 Å². The fraction of sp³-hybridized carbons (Fsp3) is 0.342. The van der Waals surface area contributed by atoms with E-state index in [0.717, 1.165) is 27.8 Å². The second kappa shape index (κ2) is 15.3. The molecule has 0 fully saturated rings. The molecular weight excluding hydrogens is 638 g/mol. The fourth-order valence-electron chi connectivity index (χ4n) is 5.82. The van der Waals surface area contributed by atoms with Gasteiger partial charge in [0.15, 0.2) is 0 Å². The molecule has 3 aromatic carbocycles. The van der Waals surface area contributed by atoms with E-state index in [9.17, 15) is 24.3 Å². The van der Waals surface area contributed by atoms with Crippen molar-refractivity contribution in [2.24, 2.45) is 5.73 Å². The Morgan fingerprint density at radius 1 is 0.980 bits per heavy atom. The summed E-state index contributed by atoms with van der Waals surface area (Å²) in [6.45, 7) is 12.8. The smallest absolute Gasteiger partial charge is 0.408 e. The second-order valence-corrected chi connectivity index (χ2v) is 13.4. The van der Waals surface area contributed by atoms with Crippen LogP contribution in [0.5, 0.6) is 5.75 Å². The van der Waals surface area contributed by atoms with Gasteiger partial charge in [-0.1, -0.05) is 24.3 Å². The van der Waals surface area contributed by atoms with Crippen LogP contribution in [-0.2, 0) is 22.5 Å². The summed E-state index contributed by atoms with van der Waals surface area (Å²) in [4.78, 5) is 61.1. The van der Waals surface area contributed by atoms with Gasteiger partial charge in [0.05, 0.1) is 30.6 Å². The first-order valence-electron chi connectivity index (χ1n) is 16.2. The van der Waals surface area contributed by atoms with E-state index in [1.54, 1.807) is 69.3 Å². The first kappa shape index (κ1) is 37.2. The molecular formula is C38H45N5O7. The fourth-order valence-corrected chi connectivity index (χ4v) is 5.82. The summed E-state index contributed by atoms with van der Waals surface area (Å²) in [6.07, 6.45) is 0.938. The first-order valence-corrected chi connectivity index (χ1v) is 16.2. The number of hydrogen-bond acceptors (Lipinski definition) is 7. The lowest BCUT2D eigenvalue weighted by Crippen LogP contribution is -2.51. The van der Waals surface area contributed by atoms with Crippen LogP contribution in [0.1, 0.15) is 88.1 Å². The molecule has 5 N–H and O–H groups in total. The van der Waals surface area contributed by atoms with Crippen molar-refractivity contribution in [3.05, 3.63) is 106 Å². The van der Waals surface area contributed by atoms with Gasteiger partial charge < -0.3 is 35.5 Å². The summed E-state index contributed by atoms with van der Waals surface area (Å²) in [7, 11) is 1.59. The molecule has 12 nitrogen and oxygen atoms in total. The number of nitrogens with zero attached hydrogens (tertiary/aromatic N) is 2. The van der Waals surface area contributed by atoms with Gasteiger partial charge in [-0.3, -0.25) is 9.59 Å². The van der Waals surface area contributed by atoms with Crippen LogP contribution in [0.15, 0.2) is 60.8 Å². The minimum absolute atomic E-state index is 0.102. The Bertz CT molecular complexity index is 1890. The molecule has 0 spiro atoms. The highest BCUT2D eigenvalue weighted by molar-refractivity contribution is 5.93. The van der Waals surface area contributed by atoms with Crippen molar-refractivity contribution >= 4 is 23.9 Å². The van der Waals surface area contributed by atoms with Gasteiger partial charge in [0.2, 0.25) is 11.8 Å². The maximum atomic E-state index is 14.8. The van der Waals surface area contributed by atoms with Gasteiger partial charge in [-0.2, -0.15) is 0 Å². The van der Waals surface area contributed by atoms with Gasteiger partial charge in [-0.05, 0) is 107 Å². The van der Waals surface area contributed by atoms with Crippen LogP contribution in [0.2, 0.25) is 0 Å². The van der Waals surface area contributed by atoms with Crippen molar-refractivity contribution in [1.82, 2.24) is 20.2 Å². The third kappa shape index (κ3) is 9.07. The van der Waals surface area contributed by atoms with Gasteiger partial charge >= 0.3 is 12.1 Å². The number of carboxylic acids is 1. The van der Waals surface area contributed by atoms with Crippen LogP contribution < -0.4 is 15.8 Å². The zero-order valence-electron chi connectivity index (χ0n) is 29.7. The normalized spacial score (nSPS) is 12.5. The number of carboxylic acid groups (broad SMARTS) is 1. The average Bonchev–Trinajstić information content (AvgIpc) is 3.54. The lowest BCUT2D eigenvalue weighted by Gasteiger charge is -2.33. The Hall–Kier alpha value is -5.65. The molecule has 0 aliphatic carbocycles. The summed E-state index contributed by atoms with van der Waals surface area (Å²) in [5.41, 5.74) is 10.4. The standard InChI is InChI=1S/C38H45N5O7/c1-21-15-28(33(39)44)16-22(2)29(21)18-30(42-37(48)50-38(5,6)7)35(45)43(20-25-12-13-32(49-8)23(3)14-25)24(4)34-40-19-31(41-34)26-10-9-11-27(17-26)36(46)47/h9-17,19,24,30H,18,20H2,1-8H3,(H2,39,44)(H,40,41)(H,42,48)(H,46,47)/t24-,30-/m0/s1.